The van der Waals surface area contributed by atoms with Crippen molar-refractivity contribution in [2.75, 3.05) is 44.9 Å². The number of methoxy groups -OCH3 is 1. The molecule has 2 aromatic rings. The van der Waals surface area contributed by atoms with E-state index in [2.05, 4.69) is 15.0 Å². The monoisotopic (exact) mass is 375 g/mol. The molecule has 2 fully saturated rings. The Labute approximate surface area is 157 Å². The van der Waals surface area contributed by atoms with Crippen molar-refractivity contribution in [1.82, 2.24) is 19.5 Å². The standard InChI is InChI=1S/C18H25N5O4/c1-18(17(25)26-2)8-23(9-18)16-14-15(19-10-20-16)22(11-21-14)5-13(6-24)12-3-4-27-7-12/h10-13,24H,3-9H2,1-2H3. The Balaban J connectivity index is 1.55. The molecule has 0 bridgehead atoms. The van der Waals surface area contributed by atoms with Crippen molar-refractivity contribution in [2.45, 2.75) is 19.9 Å². The summed E-state index contributed by atoms with van der Waals surface area (Å²) >= 11 is 0. The number of rotatable bonds is 6. The van der Waals surface area contributed by atoms with Crippen molar-refractivity contribution in [3.05, 3.63) is 12.7 Å². The molecule has 0 amide bonds. The van der Waals surface area contributed by atoms with Gasteiger partial charge in [0.2, 0.25) is 0 Å². The molecule has 2 aliphatic rings. The smallest absolute Gasteiger partial charge is 0.315 e. The highest BCUT2D eigenvalue weighted by Crippen LogP contribution is 2.36. The van der Waals surface area contributed by atoms with Crippen LogP contribution in [0.25, 0.3) is 11.2 Å². The number of carbonyl (C=O) groups excluding carboxylic acids is 1. The quantitative estimate of drug-likeness (QED) is 0.727. The van der Waals surface area contributed by atoms with Gasteiger partial charge in [0.1, 0.15) is 11.7 Å². The topological polar surface area (TPSA) is 103 Å². The third-order valence-corrected chi connectivity index (χ3v) is 5.74. The van der Waals surface area contributed by atoms with Crippen molar-refractivity contribution < 1.29 is 19.4 Å². The molecule has 2 unspecified atom stereocenters. The van der Waals surface area contributed by atoms with E-state index in [0.717, 1.165) is 24.5 Å². The van der Waals surface area contributed by atoms with Crippen LogP contribution in [0.1, 0.15) is 13.3 Å². The van der Waals surface area contributed by atoms with Crippen molar-refractivity contribution in [3.8, 4) is 0 Å². The third-order valence-electron chi connectivity index (χ3n) is 5.74. The fourth-order valence-electron chi connectivity index (χ4n) is 4.09. The lowest BCUT2D eigenvalue weighted by molar-refractivity contribution is -0.153. The van der Waals surface area contributed by atoms with Gasteiger partial charge in [0.25, 0.3) is 0 Å². The van der Waals surface area contributed by atoms with Crippen LogP contribution >= 0.6 is 0 Å². The second-order valence-corrected chi connectivity index (χ2v) is 7.74. The lowest BCUT2D eigenvalue weighted by Crippen LogP contribution is -2.59. The van der Waals surface area contributed by atoms with Crippen LogP contribution in [0.4, 0.5) is 5.82 Å². The van der Waals surface area contributed by atoms with Crippen molar-refractivity contribution in [2.24, 2.45) is 17.3 Å². The SMILES string of the molecule is COC(=O)C1(C)CN(c2ncnc3c2ncn3CC(CO)C2CCOC2)C1. The number of imidazole rings is 1. The fourth-order valence-corrected chi connectivity index (χ4v) is 4.09. The molecule has 1 N–H and O–H groups in total. The minimum Gasteiger partial charge on any atom is -0.468 e. The first-order chi connectivity index (χ1) is 13.1. The summed E-state index contributed by atoms with van der Waals surface area (Å²) in [6.07, 6.45) is 4.24. The largest absolute Gasteiger partial charge is 0.468 e. The average Bonchev–Trinajstić information content (AvgIpc) is 3.32. The Kier molecular flexibility index (Phi) is 4.73. The maximum atomic E-state index is 11.9. The van der Waals surface area contributed by atoms with E-state index in [-0.39, 0.29) is 18.5 Å². The van der Waals surface area contributed by atoms with Crippen LogP contribution in [0.5, 0.6) is 0 Å². The van der Waals surface area contributed by atoms with Crippen molar-refractivity contribution in [1.29, 1.82) is 0 Å². The number of anilines is 1. The maximum Gasteiger partial charge on any atom is 0.315 e. The van der Waals surface area contributed by atoms with Gasteiger partial charge in [-0.05, 0) is 19.3 Å². The highest BCUT2D eigenvalue weighted by molar-refractivity contribution is 5.87. The van der Waals surface area contributed by atoms with Crippen LogP contribution in [-0.2, 0) is 20.8 Å². The summed E-state index contributed by atoms with van der Waals surface area (Å²) in [7, 11) is 1.41. The van der Waals surface area contributed by atoms with E-state index in [1.807, 2.05) is 16.4 Å². The van der Waals surface area contributed by atoms with E-state index >= 15 is 0 Å². The molecule has 2 saturated heterocycles. The number of aromatic nitrogens is 4. The number of esters is 1. The van der Waals surface area contributed by atoms with E-state index in [9.17, 15) is 9.90 Å². The van der Waals surface area contributed by atoms with Gasteiger partial charge in [-0.25, -0.2) is 15.0 Å². The number of hydrogen-bond acceptors (Lipinski definition) is 8. The average molecular weight is 375 g/mol. The third kappa shape index (κ3) is 3.14. The van der Waals surface area contributed by atoms with Crippen molar-refractivity contribution >= 4 is 23.0 Å². The molecular formula is C18H25N5O4. The lowest BCUT2D eigenvalue weighted by atomic mass is 9.82. The minimum atomic E-state index is -0.515. The van der Waals surface area contributed by atoms with Gasteiger partial charge in [0, 0.05) is 45.4 Å². The molecule has 0 radical (unpaired) electrons. The highest BCUT2D eigenvalue weighted by atomic mass is 16.5. The summed E-state index contributed by atoms with van der Waals surface area (Å²) in [6.45, 7) is 5.16. The number of aliphatic hydroxyl groups excluding tert-OH is 1. The molecule has 4 rings (SSSR count). The molecule has 2 aliphatic heterocycles. The number of nitrogens with zero attached hydrogens (tertiary/aromatic N) is 5. The fraction of sp³-hybridized carbons (Fsp3) is 0.667. The van der Waals surface area contributed by atoms with Gasteiger partial charge in [-0.15, -0.1) is 0 Å². The van der Waals surface area contributed by atoms with E-state index in [0.29, 0.717) is 37.7 Å². The number of fused-ring (bicyclic) bond motifs is 1. The van der Waals surface area contributed by atoms with Crippen LogP contribution in [0.3, 0.4) is 0 Å². The Morgan fingerprint density at radius 2 is 2.26 bits per heavy atom. The molecule has 2 aromatic heterocycles. The summed E-state index contributed by atoms with van der Waals surface area (Å²) in [5, 5.41) is 9.81. The highest BCUT2D eigenvalue weighted by Gasteiger charge is 2.47. The first kappa shape index (κ1) is 18.1. The van der Waals surface area contributed by atoms with Gasteiger partial charge in [-0.2, -0.15) is 0 Å². The molecule has 27 heavy (non-hydrogen) atoms. The van der Waals surface area contributed by atoms with Gasteiger partial charge in [0.05, 0.1) is 13.4 Å². The van der Waals surface area contributed by atoms with Gasteiger partial charge in [0.15, 0.2) is 17.0 Å². The molecule has 9 nitrogen and oxygen atoms in total. The number of carbonyl (C=O) groups is 1. The van der Waals surface area contributed by atoms with Gasteiger partial charge in [-0.3, -0.25) is 4.79 Å². The zero-order chi connectivity index (χ0) is 19.0. The maximum absolute atomic E-state index is 11.9. The first-order valence-corrected chi connectivity index (χ1v) is 9.23. The predicted octanol–water partition coefficient (Wildman–Crippen LogP) is 0.471. The summed E-state index contributed by atoms with van der Waals surface area (Å²) in [5.74, 6) is 0.976. The summed E-state index contributed by atoms with van der Waals surface area (Å²) in [6, 6.07) is 0. The molecule has 0 saturated carbocycles. The second kappa shape index (κ2) is 7.05. The summed E-state index contributed by atoms with van der Waals surface area (Å²) < 4.78 is 12.3. The lowest BCUT2D eigenvalue weighted by Gasteiger charge is -2.46. The van der Waals surface area contributed by atoms with E-state index in [4.69, 9.17) is 9.47 Å². The molecule has 4 heterocycles. The van der Waals surface area contributed by atoms with Crippen LogP contribution in [0.2, 0.25) is 0 Å². The Morgan fingerprint density at radius 3 is 2.93 bits per heavy atom. The molecule has 0 spiro atoms. The van der Waals surface area contributed by atoms with Crippen LogP contribution in [-0.4, -0.2) is 70.6 Å². The number of ether oxygens (including phenoxy) is 2. The Hall–Kier alpha value is -2.26. The minimum absolute atomic E-state index is 0.106. The van der Waals surface area contributed by atoms with Crippen molar-refractivity contribution in [3.63, 3.8) is 0 Å². The van der Waals surface area contributed by atoms with Crippen LogP contribution in [0.15, 0.2) is 12.7 Å². The zero-order valence-corrected chi connectivity index (χ0v) is 15.7. The molecule has 146 valence electrons. The second-order valence-electron chi connectivity index (χ2n) is 7.74. The first-order valence-electron chi connectivity index (χ1n) is 9.23. The van der Waals surface area contributed by atoms with Gasteiger partial charge < -0.3 is 24.0 Å². The Bertz CT molecular complexity index is 826. The van der Waals surface area contributed by atoms with Gasteiger partial charge in [-0.1, -0.05) is 0 Å². The molecular weight excluding hydrogens is 350 g/mol. The van der Waals surface area contributed by atoms with Crippen LogP contribution in [0, 0.1) is 17.3 Å². The molecule has 2 atom stereocenters. The summed E-state index contributed by atoms with van der Waals surface area (Å²) in [5.41, 5.74) is 0.937. The van der Waals surface area contributed by atoms with Crippen LogP contribution < -0.4 is 4.90 Å². The Morgan fingerprint density at radius 1 is 1.44 bits per heavy atom. The van der Waals surface area contributed by atoms with E-state index < -0.39 is 5.41 Å². The normalized spacial score (nSPS) is 22.6. The van der Waals surface area contributed by atoms with E-state index in [1.54, 1.807) is 6.33 Å². The number of hydrogen-bond donors (Lipinski definition) is 1. The molecule has 9 heteroatoms. The molecule has 0 aromatic carbocycles. The molecule has 0 aliphatic carbocycles. The predicted molar refractivity (Wildman–Crippen MR) is 97.2 cm³/mol. The summed E-state index contributed by atoms with van der Waals surface area (Å²) in [4.78, 5) is 27.2. The van der Waals surface area contributed by atoms with E-state index in [1.165, 1.54) is 13.4 Å². The zero-order valence-electron chi connectivity index (χ0n) is 15.7. The van der Waals surface area contributed by atoms with Gasteiger partial charge >= 0.3 is 5.97 Å². The number of aliphatic hydroxyl groups is 1.